The third-order valence-corrected chi connectivity index (χ3v) is 3.92. The molecule has 7 heteroatoms. The second kappa shape index (κ2) is 7.74. The van der Waals surface area contributed by atoms with E-state index in [0.717, 1.165) is 11.1 Å². The smallest absolute Gasteiger partial charge is 0.303 e. The molecule has 2 N–H and O–H groups in total. The van der Waals surface area contributed by atoms with Crippen molar-refractivity contribution in [3.05, 3.63) is 47.0 Å². The second-order valence-corrected chi connectivity index (χ2v) is 7.23. The van der Waals surface area contributed by atoms with Crippen LogP contribution < -0.4 is 0 Å². The van der Waals surface area contributed by atoms with E-state index in [1.807, 2.05) is 18.2 Å². The standard InChI is InChI=1S/C16H16ClN3O.C3H6O2/c1-16(2,3)11-5-4-6-14(15(11)21)20-18-12-8-7-10(17)9-13(12)19-20;1-2-3(4)5/h4-9,21H,1-3H3;2H2,1H3,(H,4,5). The Hall–Kier alpha value is -2.60. The molecule has 0 aliphatic rings. The van der Waals surface area contributed by atoms with Gasteiger partial charge in [-0.1, -0.05) is 51.4 Å². The quantitative estimate of drug-likeness (QED) is 0.685. The van der Waals surface area contributed by atoms with Gasteiger partial charge in [0, 0.05) is 17.0 Å². The van der Waals surface area contributed by atoms with Gasteiger partial charge in [0.1, 0.15) is 22.5 Å². The van der Waals surface area contributed by atoms with Crippen molar-refractivity contribution in [3.63, 3.8) is 0 Å². The van der Waals surface area contributed by atoms with Crippen molar-refractivity contribution in [3.8, 4) is 11.4 Å². The van der Waals surface area contributed by atoms with Crippen molar-refractivity contribution in [1.29, 1.82) is 0 Å². The Morgan fingerprint density at radius 1 is 1.15 bits per heavy atom. The maximum atomic E-state index is 10.5. The lowest BCUT2D eigenvalue weighted by molar-refractivity contribution is -0.136. The number of hydrogen-bond acceptors (Lipinski definition) is 4. The molecule has 0 spiro atoms. The normalized spacial score (nSPS) is 11.1. The summed E-state index contributed by atoms with van der Waals surface area (Å²) in [4.78, 5) is 10.8. The van der Waals surface area contributed by atoms with Crippen molar-refractivity contribution in [2.75, 3.05) is 0 Å². The Morgan fingerprint density at radius 2 is 1.77 bits per heavy atom. The molecule has 2 aromatic carbocycles. The number of carbonyl (C=O) groups is 1. The average molecular weight is 376 g/mol. The molecule has 1 heterocycles. The molecular formula is C19H22ClN3O3. The van der Waals surface area contributed by atoms with Crippen LogP contribution in [0, 0.1) is 0 Å². The number of rotatable bonds is 2. The highest BCUT2D eigenvalue weighted by Crippen LogP contribution is 2.34. The summed E-state index contributed by atoms with van der Waals surface area (Å²) in [5, 5.41) is 27.6. The fourth-order valence-corrected chi connectivity index (χ4v) is 2.46. The van der Waals surface area contributed by atoms with E-state index in [0.29, 0.717) is 16.2 Å². The molecule has 0 amide bonds. The van der Waals surface area contributed by atoms with Crippen LogP contribution in [0.25, 0.3) is 16.7 Å². The Morgan fingerprint density at radius 3 is 2.35 bits per heavy atom. The molecule has 26 heavy (non-hydrogen) atoms. The predicted octanol–water partition coefficient (Wildman–Crippen LogP) is 4.56. The summed E-state index contributed by atoms with van der Waals surface area (Å²) in [6.45, 7) is 7.76. The number of hydrogen-bond donors (Lipinski definition) is 2. The lowest BCUT2D eigenvalue weighted by atomic mass is 9.86. The van der Waals surface area contributed by atoms with Gasteiger partial charge in [0.25, 0.3) is 0 Å². The summed E-state index contributed by atoms with van der Waals surface area (Å²) in [7, 11) is 0. The van der Waals surface area contributed by atoms with Crippen LogP contribution in [-0.2, 0) is 10.2 Å². The van der Waals surface area contributed by atoms with Gasteiger partial charge in [0.15, 0.2) is 0 Å². The molecule has 0 unspecified atom stereocenters. The largest absolute Gasteiger partial charge is 0.505 e. The van der Waals surface area contributed by atoms with E-state index in [9.17, 15) is 9.90 Å². The Labute approximate surface area is 157 Å². The molecule has 0 fully saturated rings. The van der Waals surface area contributed by atoms with Gasteiger partial charge >= 0.3 is 5.97 Å². The highest BCUT2D eigenvalue weighted by molar-refractivity contribution is 6.31. The molecule has 3 rings (SSSR count). The molecule has 3 aromatic rings. The monoisotopic (exact) mass is 375 g/mol. The minimum Gasteiger partial charge on any atom is -0.505 e. The number of benzene rings is 2. The maximum absolute atomic E-state index is 10.5. The van der Waals surface area contributed by atoms with E-state index in [1.54, 1.807) is 25.1 Å². The third-order valence-electron chi connectivity index (χ3n) is 3.68. The summed E-state index contributed by atoms with van der Waals surface area (Å²) >= 11 is 5.96. The van der Waals surface area contributed by atoms with Gasteiger partial charge in [-0.2, -0.15) is 0 Å². The molecule has 0 aliphatic carbocycles. The van der Waals surface area contributed by atoms with Crippen LogP contribution in [-0.4, -0.2) is 31.2 Å². The van der Waals surface area contributed by atoms with Crippen molar-refractivity contribution in [1.82, 2.24) is 15.0 Å². The first-order valence-electron chi connectivity index (χ1n) is 8.20. The van der Waals surface area contributed by atoms with Crippen LogP contribution >= 0.6 is 11.6 Å². The first-order chi connectivity index (χ1) is 12.1. The second-order valence-electron chi connectivity index (χ2n) is 6.79. The highest BCUT2D eigenvalue weighted by Gasteiger charge is 2.21. The summed E-state index contributed by atoms with van der Waals surface area (Å²) in [6, 6.07) is 11.0. The van der Waals surface area contributed by atoms with Crippen LogP contribution in [0.5, 0.6) is 5.75 Å². The molecule has 0 saturated heterocycles. The summed E-state index contributed by atoms with van der Waals surface area (Å²) in [5.41, 5.74) is 2.70. The SMILES string of the molecule is CC(C)(C)c1cccc(-n2nc3ccc(Cl)cc3n2)c1O.CCC(=O)O. The lowest BCUT2D eigenvalue weighted by Crippen LogP contribution is -2.12. The first-order valence-corrected chi connectivity index (χ1v) is 8.58. The van der Waals surface area contributed by atoms with E-state index in [-0.39, 0.29) is 17.6 Å². The van der Waals surface area contributed by atoms with E-state index >= 15 is 0 Å². The summed E-state index contributed by atoms with van der Waals surface area (Å²) < 4.78 is 0. The molecule has 138 valence electrons. The zero-order valence-corrected chi connectivity index (χ0v) is 15.9. The van der Waals surface area contributed by atoms with Gasteiger partial charge in [-0.25, -0.2) is 0 Å². The molecule has 0 atom stereocenters. The molecule has 6 nitrogen and oxygen atoms in total. The van der Waals surface area contributed by atoms with E-state index in [2.05, 4.69) is 31.0 Å². The summed E-state index contributed by atoms with van der Waals surface area (Å²) in [6.07, 6.45) is 0.222. The topological polar surface area (TPSA) is 88.2 Å². The minimum absolute atomic E-state index is 0.157. The van der Waals surface area contributed by atoms with Gasteiger partial charge in [0.05, 0.1) is 0 Å². The van der Waals surface area contributed by atoms with Crippen LogP contribution in [0.3, 0.4) is 0 Å². The number of halogens is 1. The van der Waals surface area contributed by atoms with Crippen molar-refractivity contribution >= 4 is 28.6 Å². The van der Waals surface area contributed by atoms with Gasteiger partial charge < -0.3 is 10.2 Å². The van der Waals surface area contributed by atoms with E-state index in [1.165, 1.54) is 4.80 Å². The zero-order valence-electron chi connectivity index (χ0n) is 15.2. The molecule has 0 aliphatic heterocycles. The van der Waals surface area contributed by atoms with Crippen molar-refractivity contribution in [2.45, 2.75) is 39.5 Å². The molecule has 1 aromatic heterocycles. The number of phenols is 1. The predicted molar refractivity (Wildman–Crippen MR) is 102 cm³/mol. The van der Waals surface area contributed by atoms with Gasteiger partial charge in [-0.15, -0.1) is 15.0 Å². The van der Waals surface area contributed by atoms with Crippen LogP contribution in [0.2, 0.25) is 5.02 Å². The van der Waals surface area contributed by atoms with Crippen molar-refractivity contribution < 1.29 is 15.0 Å². The lowest BCUT2D eigenvalue weighted by Gasteiger charge is -2.21. The Balaban J connectivity index is 0.000000431. The molecular weight excluding hydrogens is 354 g/mol. The first kappa shape index (κ1) is 19.7. The van der Waals surface area contributed by atoms with Crippen LogP contribution in [0.15, 0.2) is 36.4 Å². The van der Waals surface area contributed by atoms with Gasteiger partial charge in [-0.3, -0.25) is 4.79 Å². The number of fused-ring (bicyclic) bond motifs is 1. The maximum Gasteiger partial charge on any atom is 0.303 e. The fraction of sp³-hybridized carbons (Fsp3) is 0.316. The summed E-state index contributed by atoms with van der Waals surface area (Å²) in [5.74, 6) is -0.540. The van der Waals surface area contributed by atoms with Gasteiger partial charge in [0.2, 0.25) is 0 Å². The molecule has 0 radical (unpaired) electrons. The molecule has 0 bridgehead atoms. The highest BCUT2D eigenvalue weighted by atomic mass is 35.5. The molecule has 0 saturated carbocycles. The van der Waals surface area contributed by atoms with Crippen LogP contribution in [0.4, 0.5) is 0 Å². The Kier molecular flexibility index (Phi) is 5.87. The number of para-hydroxylation sites is 1. The number of phenolic OH excluding ortho intramolecular Hbond substituents is 1. The Bertz CT molecular complexity index is 929. The number of carboxylic acids is 1. The number of aliphatic carboxylic acids is 1. The van der Waals surface area contributed by atoms with E-state index in [4.69, 9.17) is 16.7 Å². The van der Waals surface area contributed by atoms with Crippen molar-refractivity contribution in [2.24, 2.45) is 0 Å². The number of aromatic nitrogens is 3. The average Bonchev–Trinajstić information content (AvgIpc) is 2.97. The third kappa shape index (κ3) is 4.52. The minimum atomic E-state index is -0.745. The zero-order chi connectivity index (χ0) is 19.5. The van der Waals surface area contributed by atoms with Crippen LogP contribution in [0.1, 0.15) is 39.7 Å². The number of nitrogens with zero attached hydrogens (tertiary/aromatic N) is 3. The van der Waals surface area contributed by atoms with E-state index < -0.39 is 5.97 Å². The number of aromatic hydroxyl groups is 1. The van der Waals surface area contributed by atoms with Gasteiger partial charge in [-0.05, 0) is 29.7 Å². The number of carboxylic acid groups (broad SMARTS) is 1. The fourth-order valence-electron chi connectivity index (χ4n) is 2.29.